The summed E-state index contributed by atoms with van der Waals surface area (Å²) in [5.41, 5.74) is 1.00. The first-order valence-corrected chi connectivity index (χ1v) is 14.2. The molecular formula is C27H21N3O8S2. The molecule has 11 nitrogen and oxygen atoms in total. The topological polar surface area (TPSA) is 161 Å². The largest absolute Gasteiger partial charge is 0.503 e. The third-order valence-electron chi connectivity index (χ3n) is 6.42. The van der Waals surface area contributed by atoms with Gasteiger partial charge in [0, 0.05) is 12.1 Å². The van der Waals surface area contributed by atoms with Crippen LogP contribution in [0.25, 0.3) is 0 Å². The number of carbonyl (C=O) groups excluding carboxylic acids is 2. The van der Waals surface area contributed by atoms with Gasteiger partial charge in [-0.05, 0) is 41.3 Å². The Bertz CT molecular complexity index is 1750. The van der Waals surface area contributed by atoms with Gasteiger partial charge in [-0.3, -0.25) is 24.6 Å². The van der Waals surface area contributed by atoms with Gasteiger partial charge < -0.3 is 9.52 Å². The summed E-state index contributed by atoms with van der Waals surface area (Å²) >= 11 is 0.666. The van der Waals surface area contributed by atoms with Crippen LogP contribution in [0.3, 0.4) is 0 Å². The van der Waals surface area contributed by atoms with Crippen molar-refractivity contribution < 1.29 is 32.5 Å². The highest BCUT2D eigenvalue weighted by atomic mass is 32.2. The monoisotopic (exact) mass is 579 g/mol. The molecule has 1 aliphatic heterocycles. The molecule has 1 aliphatic rings. The summed E-state index contributed by atoms with van der Waals surface area (Å²) < 4.78 is 31.5. The Morgan fingerprint density at radius 2 is 1.80 bits per heavy atom. The Kier molecular flexibility index (Phi) is 6.85. The fraction of sp³-hybridized carbons (Fsp3) is 0.148. The lowest BCUT2D eigenvalue weighted by Gasteiger charge is -2.24. The van der Waals surface area contributed by atoms with E-state index in [1.54, 1.807) is 12.1 Å². The van der Waals surface area contributed by atoms with Gasteiger partial charge in [-0.1, -0.05) is 49.4 Å². The van der Waals surface area contributed by atoms with Gasteiger partial charge in [0.1, 0.15) is 4.21 Å². The second-order valence-electron chi connectivity index (χ2n) is 9.18. The number of sulfone groups is 1. The summed E-state index contributed by atoms with van der Waals surface area (Å²) in [5, 5.41) is 21.8. The van der Waals surface area contributed by atoms with Gasteiger partial charge in [0.25, 0.3) is 11.6 Å². The lowest BCUT2D eigenvalue weighted by Crippen LogP contribution is -2.31. The molecule has 0 spiro atoms. The average Bonchev–Trinajstić information content (AvgIpc) is 3.69. The molecule has 0 aliphatic carbocycles. The molecule has 1 atom stereocenters. The fourth-order valence-corrected chi connectivity index (χ4v) is 6.85. The number of aromatic nitrogens is 1. The van der Waals surface area contributed by atoms with Gasteiger partial charge in [-0.25, -0.2) is 13.4 Å². The van der Waals surface area contributed by atoms with Gasteiger partial charge in [0.05, 0.1) is 33.9 Å². The Morgan fingerprint density at radius 1 is 1.12 bits per heavy atom. The van der Waals surface area contributed by atoms with E-state index < -0.39 is 38.3 Å². The number of carbonyl (C=O) groups is 2. The number of anilines is 1. The van der Waals surface area contributed by atoms with Gasteiger partial charge >= 0.3 is 0 Å². The molecule has 13 heteroatoms. The molecular weight excluding hydrogens is 558 g/mol. The highest BCUT2D eigenvalue weighted by Gasteiger charge is 2.46. The minimum Gasteiger partial charge on any atom is -0.503 e. The van der Waals surface area contributed by atoms with Crippen LogP contribution in [0, 0.1) is 10.1 Å². The summed E-state index contributed by atoms with van der Waals surface area (Å²) in [7, 11) is -4.15. The smallest absolute Gasteiger partial charge is 0.296 e. The van der Waals surface area contributed by atoms with E-state index in [4.69, 9.17) is 4.42 Å². The van der Waals surface area contributed by atoms with Gasteiger partial charge in [0.15, 0.2) is 16.7 Å². The zero-order valence-electron chi connectivity index (χ0n) is 21.0. The Hall–Kier alpha value is -4.62. The zero-order chi connectivity index (χ0) is 28.8. The van der Waals surface area contributed by atoms with Crippen LogP contribution >= 0.6 is 11.3 Å². The number of ketones is 1. The highest BCUT2D eigenvalue weighted by molar-refractivity contribution is 7.93. The second-order valence-corrected chi connectivity index (χ2v) is 12.4. The van der Waals surface area contributed by atoms with Crippen molar-refractivity contribution in [3.8, 4) is 0 Å². The van der Waals surface area contributed by atoms with Crippen LogP contribution in [0.4, 0.5) is 10.8 Å². The average molecular weight is 580 g/mol. The molecule has 0 unspecified atom stereocenters. The number of amides is 1. The van der Waals surface area contributed by atoms with Crippen molar-refractivity contribution in [2.45, 2.75) is 34.9 Å². The number of furan rings is 1. The third-order valence-corrected chi connectivity index (χ3v) is 9.65. The van der Waals surface area contributed by atoms with Crippen molar-refractivity contribution in [3.05, 3.63) is 111 Å². The number of thiazole rings is 1. The van der Waals surface area contributed by atoms with E-state index in [-0.39, 0.29) is 37.2 Å². The maximum Gasteiger partial charge on any atom is 0.296 e. The van der Waals surface area contributed by atoms with Crippen molar-refractivity contribution in [1.29, 1.82) is 0 Å². The minimum atomic E-state index is -4.15. The van der Waals surface area contributed by atoms with Crippen LogP contribution in [0.5, 0.6) is 0 Å². The number of hydrogen-bond acceptors (Lipinski definition) is 10. The number of nitro groups is 1. The number of hydrogen-bond donors (Lipinski definition) is 1. The van der Waals surface area contributed by atoms with Crippen molar-refractivity contribution in [2.24, 2.45) is 0 Å². The van der Waals surface area contributed by atoms with Crippen LogP contribution in [0.1, 0.15) is 47.5 Å². The predicted molar refractivity (Wildman–Crippen MR) is 144 cm³/mol. The standard InChI is InChI=1S/C27H21N3O8S2/c1-15(2)16-5-7-17(8-6-16)23-22(24(31)20-4-3-13-38-20)25(32)26(33)29(23)27-28-14-21(39-27)40(36,37)19-11-9-18(10-12-19)30(34)35/h3-15,23,32H,1-2H3/t23-/m1/s1. The Balaban J connectivity index is 1.58. The summed E-state index contributed by atoms with van der Waals surface area (Å²) in [4.78, 5) is 42.1. The quantitative estimate of drug-likeness (QED) is 0.164. The number of Topliss-reactive ketones (excluding diaryl/α,β-unsaturated/α-hetero) is 1. The number of aliphatic hydroxyl groups excluding tert-OH is 1. The number of benzene rings is 2. The molecule has 2 aromatic heterocycles. The van der Waals surface area contributed by atoms with Crippen molar-refractivity contribution in [3.63, 3.8) is 0 Å². The van der Waals surface area contributed by atoms with Crippen LogP contribution in [0.2, 0.25) is 0 Å². The molecule has 0 saturated heterocycles. The van der Waals surface area contributed by atoms with Crippen LogP contribution in [0.15, 0.2) is 98.0 Å². The molecule has 0 bridgehead atoms. The summed E-state index contributed by atoms with van der Waals surface area (Å²) in [6.45, 7) is 4.03. The van der Waals surface area contributed by atoms with Crippen LogP contribution < -0.4 is 4.90 Å². The molecule has 0 fully saturated rings. The highest BCUT2D eigenvalue weighted by Crippen LogP contribution is 2.44. The molecule has 40 heavy (non-hydrogen) atoms. The molecule has 5 rings (SSSR count). The van der Waals surface area contributed by atoms with E-state index in [9.17, 15) is 33.2 Å². The molecule has 1 amide bonds. The lowest BCUT2D eigenvalue weighted by molar-refractivity contribution is -0.384. The van der Waals surface area contributed by atoms with Gasteiger partial charge in [-0.2, -0.15) is 0 Å². The maximum atomic E-state index is 13.4. The number of rotatable bonds is 8. The van der Waals surface area contributed by atoms with E-state index in [1.807, 2.05) is 26.0 Å². The van der Waals surface area contributed by atoms with E-state index in [0.29, 0.717) is 16.9 Å². The second kappa shape index (κ2) is 10.2. The molecule has 4 aromatic rings. The SMILES string of the molecule is CC(C)c1ccc([C@@H]2C(C(=O)c3ccco3)=C(O)C(=O)N2c2ncc(S(=O)(=O)c3ccc([N+](=O)[O-])cc3)s2)cc1. The van der Waals surface area contributed by atoms with Gasteiger partial charge in [0.2, 0.25) is 15.6 Å². The normalized spacial score (nSPS) is 15.7. The third kappa shape index (κ3) is 4.58. The number of aliphatic hydroxyl groups is 1. The van der Waals surface area contributed by atoms with E-state index >= 15 is 0 Å². The van der Waals surface area contributed by atoms with E-state index in [1.165, 1.54) is 18.4 Å². The first-order chi connectivity index (χ1) is 19.0. The number of nitrogens with zero attached hydrogens (tertiary/aromatic N) is 3. The summed E-state index contributed by atoms with van der Waals surface area (Å²) in [5.74, 6) is -2.29. The van der Waals surface area contributed by atoms with E-state index in [0.717, 1.165) is 40.9 Å². The Morgan fingerprint density at radius 3 is 2.38 bits per heavy atom. The zero-order valence-corrected chi connectivity index (χ0v) is 22.7. The first-order valence-electron chi connectivity index (χ1n) is 11.9. The predicted octanol–water partition coefficient (Wildman–Crippen LogP) is 5.38. The Labute approximate surface area is 232 Å². The first kappa shape index (κ1) is 27.0. The molecule has 204 valence electrons. The van der Waals surface area contributed by atoms with Crippen LogP contribution in [-0.2, 0) is 14.6 Å². The molecule has 1 N–H and O–H groups in total. The molecule has 3 heterocycles. The van der Waals surface area contributed by atoms with Gasteiger partial charge in [-0.15, -0.1) is 0 Å². The fourth-order valence-electron chi connectivity index (χ4n) is 4.30. The molecule has 0 radical (unpaired) electrons. The molecule has 0 saturated carbocycles. The molecule has 2 aromatic carbocycles. The number of non-ortho nitro benzene ring substituents is 1. The summed E-state index contributed by atoms with van der Waals surface area (Å²) in [6.07, 6.45) is 2.36. The number of nitro benzene ring substituents is 1. The van der Waals surface area contributed by atoms with E-state index in [2.05, 4.69) is 4.98 Å². The summed E-state index contributed by atoms with van der Waals surface area (Å²) in [6, 6.07) is 13.3. The minimum absolute atomic E-state index is 0.0720. The van der Waals surface area contributed by atoms with Crippen LogP contribution in [-0.4, -0.2) is 35.1 Å². The van der Waals surface area contributed by atoms with Crippen molar-refractivity contribution in [1.82, 2.24) is 4.98 Å². The lowest BCUT2D eigenvalue weighted by atomic mass is 9.93. The van der Waals surface area contributed by atoms with Crippen molar-refractivity contribution in [2.75, 3.05) is 4.90 Å². The maximum absolute atomic E-state index is 13.4. The van der Waals surface area contributed by atoms with Crippen molar-refractivity contribution >= 4 is 43.7 Å².